The van der Waals surface area contributed by atoms with Gasteiger partial charge in [-0.2, -0.15) is 0 Å². The van der Waals surface area contributed by atoms with Gasteiger partial charge in [-0.25, -0.2) is 4.39 Å². The zero-order valence-electron chi connectivity index (χ0n) is 10.2. The third-order valence-corrected chi connectivity index (χ3v) is 3.39. The molecule has 0 bridgehead atoms. The lowest BCUT2D eigenvalue weighted by Crippen LogP contribution is -2.45. The van der Waals surface area contributed by atoms with Gasteiger partial charge >= 0.3 is 0 Å². The Labute approximate surface area is 111 Å². The van der Waals surface area contributed by atoms with E-state index in [0.29, 0.717) is 24.7 Å². The first kappa shape index (κ1) is 13.7. The van der Waals surface area contributed by atoms with Crippen LogP contribution in [-0.4, -0.2) is 30.9 Å². The lowest BCUT2D eigenvalue weighted by atomic mass is 9.88. The van der Waals surface area contributed by atoms with E-state index in [9.17, 15) is 9.50 Å². The van der Waals surface area contributed by atoms with Crippen LogP contribution in [0.3, 0.4) is 0 Å². The highest BCUT2D eigenvalue weighted by Crippen LogP contribution is 2.30. The Kier molecular flexibility index (Phi) is 4.22. The van der Waals surface area contributed by atoms with E-state index in [1.165, 1.54) is 12.1 Å². The molecule has 1 aliphatic heterocycles. The van der Waals surface area contributed by atoms with Crippen molar-refractivity contribution in [3.8, 4) is 0 Å². The van der Waals surface area contributed by atoms with Gasteiger partial charge in [-0.05, 0) is 25.5 Å². The second-order valence-electron chi connectivity index (χ2n) is 4.83. The van der Waals surface area contributed by atoms with Gasteiger partial charge in [-0.1, -0.05) is 17.7 Å². The highest BCUT2D eigenvalue weighted by atomic mass is 35.5. The summed E-state index contributed by atoms with van der Waals surface area (Å²) >= 11 is 5.70. The van der Waals surface area contributed by atoms with Gasteiger partial charge in [0, 0.05) is 23.2 Å². The summed E-state index contributed by atoms with van der Waals surface area (Å²) in [7, 11) is 0. The maximum absolute atomic E-state index is 13.8. The van der Waals surface area contributed by atoms with Gasteiger partial charge in [0.2, 0.25) is 0 Å². The predicted molar refractivity (Wildman–Crippen MR) is 68.2 cm³/mol. The number of rotatable bonds is 3. The van der Waals surface area contributed by atoms with Crippen LogP contribution < -0.4 is 5.32 Å². The molecule has 0 spiro atoms. The van der Waals surface area contributed by atoms with Crippen LogP contribution >= 0.6 is 11.6 Å². The standard InChI is InChI=1S/C13H17ClFNO2/c1-13(17,7-10-8-18-5-4-16-10)11-3-2-9(14)6-12(11)15/h2-3,6,10,16-17H,4-5,7-8H2,1H3. The average molecular weight is 274 g/mol. The van der Waals surface area contributed by atoms with E-state index < -0.39 is 11.4 Å². The molecule has 1 aromatic rings. The van der Waals surface area contributed by atoms with Crippen LogP contribution in [0, 0.1) is 5.82 Å². The van der Waals surface area contributed by atoms with Gasteiger partial charge < -0.3 is 15.2 Å². The topological polar surface area (TPSA) is 41.5 Å². The summed E-state index contributed by atoms with van der Waals surface area (Å²) in [6, 6.07) is 4.36. The maximum Gasteiger partial charge on any atom is 0.130 e. The average Bonchev–Trinajstić information content (AvgIpc) is 2.29. The highest BCUT2D eigenvalue weighted by Gasteiger charge is 2.31. The second kappa shape index (κ2) is 5.53. The molecular formula is C13H17ClFNO2. The minimum atomic E-state index is -1.24. The van der Waals surface area contributed by atoms with E-state index in [-0.39, 0.29) is 11.6 Å². The van der Waals surface area contributed by atoms with Crippen LogP contribution in [0.2, 0.25) is 5.02 Å². The monoisotopic (exact) mass is 273 g/mol. The van der Waals surface area contributed by atoms with E-state index in [2.05, 4.69) is 5.32 Å². The quantitative estimate of drug-likeness (QED) is 0.886. The molecule has 2 unspecified atom stereocenters. The predicted octanol–water partition coefficient (Wildman–Crippen LogP) is 2.07. The molecule has 2 rings (SSSR count). The number of benzene rings is 1. The fourth-order valence-electron chi connectivity index (χ4n) is 2.27. The lowest BCUT2D eigenvalue weighted by Gasteiger charge is -2.32. The second-order valence-corrected chi connectivity index (χ2v) is 5.26. The third kappa shape index (κ3) is 3.20. The number of hydrogen-bond donors (Lipinski definition) is 2. The maximum atomic E-state index is 13.8. The first-order valence-electron chi connectivity index (χ1n) is 5.98. The number of aliphatic hydroxyl groups is 1. The summed E-state index contributed by atoms with van der Waals surface area (Å²) in [5.74, 6) is -0.482. The largest absolute Gasteiger partial charge is 0.385 e. The Morgan fingerprint density at radius 2 is 2.39 bits per heavy atom. The van der Waals surface area contributed by atoms with Crippen molar-refractivity contribution in [3.05, 3.63) is 34.6 Å². The van der Waals surface area contributed by atoms with Gasteiger partial charge in [0.1, 0.15) is 5.82 Å². The summed E-state index contributed by atoms with van der Waals surface area (Å²) in [5.41, 5.74) is -0.980. The molecule has 2 N–H and O–H groups in total. The molecule has 0 aromatic heterocycles. The van der Waals surface area contributed by atoms with Crippen molar-refractivity contribution < 1.29 is 14.2 Å². The van der Waals surface area contributed by atoms with E-state index in [0.717, 1.165) is 6.54 Å². The Hall–Kier alpha value is -0.680. The normalized spacial score (nSPS) is 23.7. The molecule has 0 saturated carbocycles. The van der Waals surface area contributed by atoms with Crippen molar-refractivity contribution in [1.29, 1.82) is 0 Å². The molecule has 1 fully saturated rings. The summed E-state index contributed by atoms with van der Waals surface area (Å²) in [4.78, 5) is 0. The Bertz CT molecular complexity index is 419. The van der Waals surface area contributed by atoms with Crippen LogP contribution in [0.25, 0.3) is 0 Å². The number of hydrogen-bond acceptors (Lipinski definition) is 3. The van der Waals surface area contributed by atoms with Crippen molar-refractivity contribution in [2.24, 2.45) is 0 Å². The molecule has 5 heteroatoms. The van der Waals surface area contributed by atoms with Crippen LogP contribution in [0.1, 0.15) is 18.9 Å². The van der Waals surface area contributed by atoms with E-state index in [4.69, 9.17) is 16.3 Å². The first-order chi connectivity index (χ1) is 8.49. The van der Waals surface area contributed by atoms with E-state index in [1.54, 1.807) is 13.0 Å². The summed E-state index contributed by atoms with van der Waals surface area (Å²) < 4.78 is 19.1. The molecule has 0 aliphatic carbocycles. The van der Waals surface area contributed by atoms with Gasteiger partial charge in [-0.3, -0.25) is 0 Å². The molecule has 18 heavy (non-hydrogen) atoms. The van der Waals surface area contributed by atoms with Crippen LogP contribution in [-0.2, 0) is 10.3 Å². The van der Waals surface area contributed by atoms with Gasteiger partial charge in [-0.15, -0.1) is 0 Å². The SMILES string of the molecule is CC(O)(CC1COCCN1)c1ccc(Cl)cc1F. The van der Waals surface area contributed by atoms with E-state index in [1.807, 2.05) is 0 Å². The van der Waals surface area contributed by atoms with E-state index >= 15 is 0 Å². The summed E-state index contributed by atoms with van der Waals surface area (Å²) in [6.45, 7) is 3.57. The van der Waals surface area contributed by atoms with Crippen LogP contribution in [0.5, 0.6) is 0 Å². The van der Waals surface area contributed by atoms with Crippen molar-refractivity contribution in [3.63, 3.8) is 0 Å². The molecule has 1 saturated heterocycles. The fraction of sp³-hybridized carbons (Fsp3) is 0.538. The lowest BCUT2D eigenvalue weighted by molar-refractivity contribution is 0.00112. The molecule has 0 radical (unpaired) electrons. The molecule has 0 amide bonds. The Morgan fingerprint density at radius 3 is 3.00 bits per heavy atom. The number of ether oxygens (including phenoxy) is 1. The fourth-order valence-corrected chi connectivity index (χ4v) is 2.43. The zero-order valence-corrected chi connectivity index (χ0v) is 11.0. The van der Waals surface area contributed by atoms with Crippen LogP contribution in [0.15, 0.2) is 18.2 Å². The molecule has 3 nitrogen and oxygen atoms in total. The van der Waals surface area contributed by atoms with Crippen molar-refractivity contribution >= 4 is 11.6 Å². The molecule has 1 heterocycles. The zero-order chi connectivity index (χ0) is 13.2. The van der Waals surface area contributed by atoms with Crippen molar-refractivity contribution in [2.75, 3.05) is 19.8 Å². The molecular weight excluding hydrogens is 257 g/mol. The molecule has 100 valence electrons. The molecule has 2 atom stereocenters. The minimum absolute atomic E-state index is 0.0313. The summed E-state index contributed by atoms with van der Waals surface area (Å²) in [5, 5.41) is 14.0. The van der Waals surface area contributed by atoms with Gasteiger partial charge in [0.25, 0.3) is 0 Å². The van der Waals surface area contributed by atoms with Crippen molar-refractivity contribution in [1.82, 2.24) is 5.32 Å². The number of morpholine rings is 1. The molecule has 1 aliphatic rings. The van der Waals surface area contributed by atoms with Crippen molar-refractivity contribution in [2.45, 2.75) is 25.0 Å². The highest BCUT2D eigenvalue weighted by molar-refractivity contribution is 6.30. The Morgan fingerprint density at radius 1 is 1.61 bits per heavy atom. The number of halogens is 2. The first-order valence-corrected chi connectivity index (χ1v) is 6.36. The number of nitrogens with one attached hydrogen (secondary N) is 1. The smallest absolute Gasteiger partial charge is 0.130 e. The Balaban J connectivity index is 2.13. The minimum Gasteiger partial charge on any atom is -0.385 e. The summed E-state index contributed by atoms with van der Waals surface area (Å²) in [6.07, 6.45) is 0.394. The molecule has 1 aromatic carbocycles. The van der Waals surface area contributed by atoms with Gasteiger partial charge in [0.15, 0.2) is 0 Å². The third-order valence-electron chi connectivity index (χ3n) is 3.15. The van der Waals surface area contributed by atoms with Gasteiger partial charge in [0.05, 0.1) is 18.8 Å². The van der Waals surface area contributed by atoms with Crippen LogP contribution in [0.4, 0.5) is 4.39 Å².